The fraction of sp³-hybridized carbons (Fsp3) is 0.286. The third-order valence-electron chi connectivity index (χ3n) is 3.46. The third-order valence-corrected chi connectivity index (χ3v) is 4.07. The highest BCUT2D eigenvalue weighted by Gasteiger charge is 2.23. The van der Waals surface area contributed by atoms with Gasteiger partial charge < -0.3 is 5.32 Å². The maximum atomic E-state index is 13.4. The van der Waals surface area contributed by atoms with Crippen LogP contribution in [-0.2, 0) is 0 Å². The normalized spacial score (nSPS) is 12.3. The van der Waals surface area contributed by atoms with Crippen molar-refractivity contribution in [3.63, 3.8) is 0 Å². The number of rotatable bonds is 5. The Morgan fingerprint density at radius 2 is 2.17 bits per heavy atom. The van der Waals surface area contributed by atoms with Gasteiger partial charge >= 0.3 is 5.76 Å². The van der Waals surface area contributed by atoms with E-state index in [0.29, 0.717) is 11.5 Å². The summed E-state index contributed by atoms with van der Waals surface area (Å²) in [4.78, 5) is 12.0. The molecule has 2 heterocycles. The Hall–Kier alpha value is -2.49. The van der Waals surface area contributed by atoms with Gasteiger partial charge in [0.1, 0.15) is 5.82 Å². The lowest BCUT2D eigenvalue weighted by Gasteiger charge is -2.10. The average molecular weight is 398 g/mol. The van der Waals surface area contributed by atoms with Gasteiger partial charge in [-0.15, -0.1) is 0 Å². The van der Waals surface area contributed by atoms with E-state index in [1.165, 1.54) is 18.2 Å². The predicted molar refractivity (Wildman–Crippen MR) is 86.4 cm³/mol. The van der Waals surface area contributed by atoms with Crippen LogP contribution in [0.25, 0.3) is 17.2 Å². The van der Waals surface area contributed by atoms with Gasteiger partial charge in [-0.25, -0.2) is 18.4 Å². The molecule has 8 nitrogen and oxygen atoms in total. The summed E-state index contributed by atoms with van der Waals surface area (Å²) < 4.78 is 24.3. The summed E-state index contributed by atoms with van der Waals surface area (Å²) in [6.07, 6.45) is 0.850. The molecule has 2 aromatic heterocycles. The molecule has 1 unspecified atom stereocenters. The Bertz CT molecular complexity index is 919. The zero-order chi connectivity index (χ0) is 17.3. The van der Waals surface area contributed by atoms with Gasteiger partial charge in [-0.05, 0) is 57.8 Å². The Morgan fingerprint density at radius 1 is 1.38 bits per heavy atom. The first-order valence-corrected chi connectivity index (χ1v) is 7.94. The molecule has 0 saturated heterocycles. The second-order valence-electron chi connectivity index (χ2n) is 5.12. The molecule has 1 aromatic carbocycles. The molecule has 3 rings (SSSR count). The summed E-state index contributed by atoms with van der Waals surface area (Å²) in [5.74, 6) is -0.744. The van der Waals surface area contributed by atoms with Crippen LogP contribution in [0.2, 0.25) is 0 Å². The van der Waals surface area contributed by atoms with E-state index >= 15 is 0 Å². The van der Waals surface area contributed by atoms with Crippen LogP contribution in [0.3, 0.4) is 0 Å². The molecule has 1 atom stereocenters. The number of hydrogen-bond donors (Lipinski definition) is 1. The Balaban J connectivity index is 2.10. The largest absolute Gasteiger partial charge is 0.446 e. The summed E-state index contributed by atoms with van der Waals surface area (Å²) in [5, 5.41) is 14.4. The molecule has 0 fully saturated rings. The van der Waals surface area contributed by atoms with Crippen molar-refractivity contribution in [3.8, 4) is 17.2 Å². The topological polar surface area (TPSA) is 99.0 Å². The number of nitrogens with one attached hydrogen (secondary N) is 1. The minimum atomic E-state index is -0.735. The maximum Gasteiger partial charge on any atom is 0.446 e. The molecule has 0 saturated carbocycles. The standard InChI is InChI=1S/C14H13BrFN5O3/c1-3-7(2)17-12-11(18-24-19-12)13-20-23-14(22)21(13)8-4-5-10(16)9(15)6-8/h4-7H,3H2,1-2H3,(H,17,19). The van der Waals surface area contributed by atoms with Crippen molar-refractivity contribution in [2.24, 2.45) is 0 Å². The fourth-order valence-corrected chi connectivity index (χ4v) is 2.38. The zero-order valence-electron chi connectivity index (χ0n) is 12.8. The van der Waals surface area contributed by atoms with Crippen LogP contribution in [0.1, 0.15) is 20.3 Å². The number of halogens is 2. The third kappa shape index (κ3) is 2.96. The first-order chi connectivity index (χ1) is 11.5. The van der Waals surface area contributed by atoms with Crippen LogP contribution >= 0.6 is 15.9 Å². The minimum Gasteiger partial charge on any atom is -0.363 e. The van der Waals surface area contributed by atoms with Gasteiger partial charge in [-0.2, -0.15) is 0 Å². The molecule has 0 amide bonds. The number of benzene rings is 1. The molecular formula is C14H13BrFN5O3. The van der Waals surface area contributed by atoms with Gasteiger partial charge in [0.2, 0.25) is 11.6 Å². The smallest absolute Gasteiger partial charge is 0.363 e. The fourth-order valence-electron chi connectivity index (χ4n) is 2.02. The predicted octanol–water partition coefficient (Wildman–Crippen LogP) is 2.99. The van der Waals surface area contributed by atoms with Gasteiger partial charge in [0.05, 0.1) is 10.2 Å². The molecule has 24 heavy (non-hydrogen) atoms. The van der Waals surface area contributed by atoms with Crippen molar-refractivity contribution < 1.29 is 13.5 Å². The molecule has 126 valence electrons. The van der Waals surface area contributed by atoms with Crippen LogP contribution in [0.15, 0.2) is 36.6 Å². The Morgan fingerprint density at radius 3 is 2.88 bits per heavy atom. The highest BCUT2D eigenvalue weighted by Crippen LogP contribution is 2.26. The first-order valence-electron chi connectivity index (χ1n) is 7.14. The molecule has 0 aliphatic heterocycles. The maximum absolute atomic E-state index is 13.4. The molecule has 10 heteroatoms. The average Bonchev–Trinajstić information content (AvgIpc) is 3.16. The molecule has 0 spiro atoms. The molecule has 1 N–H and O–H groups in total. The number of aromatic nitrogens is 4. The van der Waals surface area contributed by atoms with Crippen LogP contribution in [0, 0.1) is 5.82 Å². The van der Waals surface area contributed by atoms with E-state index in [1.54, 1.807) is 0 Å². The van der Waals surface area contributed by atoms with Crippen molar-refractivity contribution >= 4 is 21.7 Å². The Kier molecular flexibility index (Phi) is 4.47. The SMILES string of the molecule is CCC(C)Nc1nonc1-c1noc(=O)n1-c1ccc(F)c(Br)c1. The molecule has 0 bridgehead atoms. The molecule has 3 aromatic rings. The molecular weight excluding hydrogens is 385 g/mol. The van der Waals surface area contributed by atoms with E-state index in [1.807, 2.05) is 13.8 Å². The second kappa shape index (κ2) is 6.56. The van der Waals surface area contributed by atoms with Crippen molar-refractivity contribution in [2.45, 2.75) is 26.3 Å². The summed E-state index contributed by atoms with van der Waals surface area (Å²) in [6, 6.07) is 4.20. The highest BCUT2D eigenvalue weighted by atomic mass is 79.9. The second-order valence-corrected chi connectivity index (χ2v) is 5.98. The summed E-state index contributed by atoms with van der Waals surface area (Å²) in [7, 11) is 0. The van der Waals surface area contributed by atoms with Crippen LogP contribution < -0.4 is 11.1 Å². The molecule has 0 aliphatic rings. The van der Waals surface area contributed by atoms with E-state index in [0.717, 1.165) is 11.0 Å². The van der Waals surface area contributed by atoms with Crippen LogP contribution in [-0.4, -0.2) is 26.1 Å². The quantitative estimate of drug-likeness (QED) is 0.706. The van der Waals surface area contributed by atoms with E-state index in [2.05, 4.69) is 36.7 Å². The lowest BCUT2D eigenvalue weighted by atomic mass is 10.2. The summed E-state index contributed by atoms with van der Waals surface area (Å²) >= 11 is 3.09. The van der Waals surface area contributed by atoms with E-state index < -0.39 is 11.6 Å². The lowest BCUT2D eigenvalue weighted by Crippen LogP contribution is -2.16. The Labute approximate surface area is 143 Å². The number of anilines is 1. The van der Waals surface area contributed by atoms with E-state index in [9.17, 15) is 9.18 Å². The van der Waals surface area contributed by atoms with Crippen LogP contribution in [0.5, 0.6) is 0 Å². The van der Waals surface area contributed by atoms with E-state index in [-0.39, 0.29) is 22.0 Å². The van der Waals surface area contributed by atoms with Crippen molar-refractivity contribution in [2.75, 3.05) is 5.32 Å². The number of nitrogens with zero attached hydrogens (tertiary/aromatic N) is 4. The highest BCUT2D eigenvalue weighted by molar-refractivity contribution is 9.10. The molecule has 0 aliphatic carbocycles. The first kappa shape index (κ1) is 16.4. The summed E-state index contributed by atoms with van der Waals surface area (Å²) in [5.41, 5.74) is 0.587. The van der Waals surface area contributed by atoms with Gasteiger partial charge in [-0.1, -0.05) is 12.1 Å². The van der Waals surface area contributed by atoms with Gasteiger partial charge in [0, 0.05) is 6.04 Å². The minimum absolute atomic E-state index is 0.102. The lowest BCUT2D eigenvalue weighted by molar-refractivity contribution is 0.309. The van der Waals surface area contributed by atoms with Crippen LogP contribution in [0.4, 0.5) is 10.2 Å². The van der Waals surface area contributed by atoms with Crippen molar-refractivity contribution in [1.29, 1.82) is 0 Å². The van der Waals surface area contributed by atoms with Crippen molar-refractivity contribution in [1.82, 2.24) is 20.0 Å². The van der Waals surface area contributed by atoms with Gasteiger partial charge in [-0.3, -0.25) is 4.52 Å². The molecule has 0 radical (unpaired) electrons. The summed E-state index contributed by atoms with van der Waals surface area (Å²) in [6.45, 7) is 3.97. The van der Waals surface area contributed by atoms with Crippen molar-refractivity contribution in [3.05, 3.63) is 39.0 Å². The van der Waals surface area contributed by atoms with E-state index in [4.69, 9.17) is 9.15 Å². The monoisotopic (exact) mass is 397 g/mol. The van der Waals surface area contributed by atoms with Gasteiger partial charge in [0.25, 0.3) is 0 Å². The van der Waals surface area contributed by atoms with Gasteiger partial charge in [0.15, 0.2) is 5.69 Å². The zero-order valence-corrected chi connectivity index (χ0v) is 14.4. The number of hydrogen-bond acceptors (Lipinski definition) is 7.